The highest BCUT2D eigenvalue weighted by molar-refractivity contribution is 5.83. The number of alkyl halides is 3. The molecule has 1 aliphatic carbocycles. The van der Waals surface area contributed by atoms with Crippen molar-refractivity contribution >= 4 is 11.0 Å². The highest BCUT2D eigenvalue weighted by atomic mass is 19.4. The van der Waals surface area contributed by atoms with Crippen LogP contribution in [0.5, 0.6) is 17.2 Å². The maximum atomic E-state index is 14.0. The van der Waals surface area contributed by atoms with Gasteiger partial charge in [-0.25, -0.2) is 0 Å². The number of aromatic hydroxyl groups is 1. The Balaban J connectivity index is 1.85. The smallest absolute Gasteiger partial charge is 0.453 e. The third-order valence-electron chi connectivity index (χ3n) is 6.60. The normalized spacial score (nSPS) is 16.0. The minimum atomic E-state index is -4.96. The van der Waals surface area contributed by atoms with Gasteiger partial charge in [0.1, 0.15) is 18.0 Å². The van der Waals surface area contributed by atoms with E-state index in [4.69, 9.17) is 9.15 Å². The molecule has 4 rings (SSSR count). The minimum absolute atomic E-state index is 0.0532. The summed E-state index contributed by atoms with van der Waals surface area (Å²) in [6.45, 7) is 4.79. The number of rotatable bonds is 6. The molecule has 8 heteroatoms. The molecule has 3 aromatic rings. The topological polar surface area (TPSA) is 64.1 Å². The van der Waals surface area contributed by atoms with E-state index < -0.39 is 23.1 Å². The van der Waals surface area contributed by atoms with Crippen LogP contribution in [0.25, 0.3) is 11.0 Å². The molecule has 0 bridgehead atoms. The molecule has 0 spiro atoms. The Morgan fingerprint density at radius 1 is 1.15 bits per heavy atom. The lowest BCUT2D eigenvalue weighted by atomic mass is 9.93. The molecule has 1 atom stereocenters. The van der Waals surface area contributed by atoms with Crippen molar-refractivity contribution in [2.24, 2.45) is 0 Å². The van der Waals surface area contributed by atoms with Gasteiger partial charge in [-0.3, -0.25) is 4.79 Å². The highest BCUT2D eigenvalue weighted by Crippen LogP contribution is 2.39. The fourth-order valence-electron chi connectivity index (χ4n) is 4.83. The molecule has 1 heterocycles. The molecule has 2 aromatic carbocycles. The zero-order valence-electron chi connectivity index (χ0n) is 19.3. The lowest BCUT2D eigenvalue weighted by Gasteiger charge is -2.30. The van der Waals surface area contributed by atoms with Crippen molar-refractivity contribution in [3.05, 3.63) is 63.5 Å². The Hall–Kier alpha value is -3.00. The van der Waals surface area contributed by atoms with Crippen LogP contribution in [-0.4, -0.2) is 17.7 Å². The zero-order valence-corrected chi connectivity index (χ0v) is 19.3. The molecule has 34 heavy (non-hydrogen) atoms. The fraction of sp³-hybridized carbons (Fsp3) is 0.423. The van der Waals surface area contributed by atoms with Gasteiger partial charge in [-0.1, -0.05) is 18.6 Å². The van der Waals surface area contributed by atoms with Crippen LogP contribution in [0.2, 0.25) is 0 Å². The second kappa shape index (κ2) is 9.70. The van der Waals surface area contributed by atoms with Crippen molar-refractivity contribution in [3.8, 4) is 17.2 Å². The van der Waals surface area contributed by atoms with Crippen molar-refractivity contribution in [1.29, 1.82) is 0 Å². The molecule has 0 aliphatic heterocycles. The number of phenolic OH excluding ortho intramolecular Hbond substituents is 1. The van der Waals surface area contributed by atoms with Crippen molar-refractivity contribution in [2.45, 2.75) is 64.7 Å². The Morgan fingerprint density at radius 3 is 2.53 bits per heavy atom. The summed E-state index contributed by atoms with van der Waals surface area (Å²) >= 11 is 0. The SMILES string of the molecule is CC[NH+](Cc1c(O)ccc2c(=O)c(Oc3cccc(C)c3)c(C(F)(F)F)oc12)C1CCCCC1. The molecule has 182 valence electrons. The van der Waals surface area contributed by atoms with E-state index in [9.17, 15) is 23.1 Å². The summed E-state index contributed by atoms with van der Waals surface area (Å²) in [5.41, 5.74) is -0.179. The molecule has 1 unspecified atom stereocenters. The van der Waals surface area contributed by atoms with Gasteiger partial charge in [0.05, 0.1) is 23.5 Å². The summed E-state index contributed by atoms with van der Waals surface area (Å²) in [5.74, 6) is -2.49. The number of aryl methyl sites for hydroxylation is 1. The first kappa shape index (κ1) is 24.1. The zero-order chi connectivity index (χ0) is 24.5. The van der Waals surface area contributed by atoms with E-state index in [1.54, 1.807) is 25.1 Å². The number of quaternary nitrogens is 1. The number of ether oxygens (including phenoxy) is 1. The van der Waals surface area contributed by atoms with Gasteiger partial charge in [0.2, 0.25) is 11.2 Å². The van der Waals surface area contributed by atoms with Crippen LogP contribution in [0.3, 0.4) is 0 Å². The summed E-state index contributed by atoms with van der Waals surface area (Å²) < 4.78 is 52.8. The number of hydrogen-bond donors (Lipinski definition) is 2. The van der Waals surface area contributed by atoms with Crippen LogP contribution in [0, 0.1) is 6.92 Å². The van der Waals surface area contributed by atoms with E-state index in [0.717, 1.165) is 42.7 Å². The van der Waals surface area contributed by atoms with E-state index in [2.05, 4.69) is 0 Å². The van der Waals surface area contributed by atoms with Gasteiger partial charge in [-0.05, 0) is 69.4 Å². The molecular weight excluding hydrogens is 447 g/mol. The molecule has 1 aromatic heterocycles. The number of halogens is 3. The molecule has 2 N–H and O–H groups in total. The van der Waals surface area contributed by atoms with Gasteiger partial charge in [0, 0.05) is 0 Å². The van der Waals surface area contributed by atoms with E-state index >= 15 is 0 Å². The molecule has 1 fully saturated rings. The van der Waals surface area contributed by atoms with Crippen LogP contribution in [-0.2, 0) is 12.7 Å². The van der Waals surface area contributed by atoms with Gasteiger partial charge < -0.3 is 19.2 Å². The fourth-order valence-corrected chi connectivity index (χ4v) is 4.83. The summed E-state index contributed by atoms with van der Waals surface area (Å²) in [5, 5.41) is 10.5. The Bertz CT molecular complexity index is 1230. The van der Waals surface area contributed by atoms with E-state index in [1.165, 1.54) is 24.6 Å². The largest absolute Gasteiger partial charge is 0.507 e. The van der Waals surface area contributed by atoms with Crippen molar-refractivity contribution in [2.75, 3.05) is 6.54 Å². The molecule has 1 aliphatic rings. The van der Waals surface area contributed by atoms with Crippen molar-refractivity contribution in [1.82, 2.24) is 0 Å². The van der Waals surface area contributed by atoms with Crippen LogP contribution in [0.4, 0.5) is 13.2 Å². The summed E-state index contributed by atoms with van der Waals surface area (Å²) in [6, 6.07) is 9.39. The van der Waals surface area contributed by atoms with Gasteiger partial charge in [-0.2, -0.15) is 13.2 Å². The highest BCUT2D eigenvalue weighted by Gasteiger charge is 2.41. The Morgan fingerprint density at radius 2 is 1.88 bits per heavy atom. The number of benzene rings is 2. The quantitative estimate of drug-likeness (QED) is 0.503. The molecular formula is C26H29F3NO4+. The third-order valence-corrected chi connectivity index (χ3v) is 6.60. The van der Waals surface area contributed by atoms with Gasteiger partial charge in [0.25, 0.3) is 5.76 Å². The van der Waals surface area contributed by atoms with Crippen LogP contribution < -0.4 is 15.1 Å². The van der Waals surface area contributed by atoms with Crippen molar-refractivity contribution in [3.63, 3.8) is 0 Å². The summed E-state index contributed by atoms with van der Waals surface area (Å²) in [6.07, 6.45) is 0.504. The maximum Gasteiger partial charge on any atom is 0.453 e. The van der Waals surface area contributed by atoms with E-state index in [1.807, 2.05) is 6.92 Å². The number of phenols is 1. The minimum Gasteiger partial charge on any atom is -0.507 e. The number of fused-ring (bicyclic) bond motifs is 1. The molecule has 0 amide bonds. The monoisotopic (exact) mass is 476 g/mol. The van der Waals surface area contributed by atoms with Crippen LogP contribution >= 0.6 is 0 Å². The maximum absolute atomic E-state index is 14.0. The standard InChI is InChI=1S/C26H28F3NO4/c1-3-30(17-9-5-4-6-10-17)15-20-21(31)13-12-19-22(32)24(25(26(27,28)29)34-23(19)20)33-18-11-7-8-16(2)14-18/h7-8,11-14,17,31H,3-6,9-10,15H2,1-2H3/p+1. The number of hydrogen-bond acceptors (Lipinski definition) is 4. The van der Waals surface area contributed by atoms with E-state index in [-0.39, 0.29) is 34.6 Å². The molecule has 0 radical (unpaired) electrons. The summed E-state index contributed by atoms with van der Waals surface area (Å²) in [7, 11) is 0. The second-order valence-electron chi connectivity index (χ2n) is 8.97. The van der Waals surface area contributed by atoms with Crippen molar-refractivity contribution < 1.29 is 32.3 Å². The van der Waals surface area contributed by atoms with Gasteiger partial charge in [0.15, 0.2) is 5.58 Å². The first-order chi connectivity index (χ1) is 16.2. The average molecular weight is 477 g/mol. The Labute approximate surface area is 195 Å². The first-order valence-electron chi connectivity index (χ1n) is 11.7. The molecule has 0 saturated heterocycles. The van der Waals surface area contributed by atoms with Gasteiger partial charge in [-0.15, -0.1) is 0 Å². The third kappa shape index (κ3) is 4.92. The predicted octanol–water partition coefficient (Wildman–Crippen LogP) is 5.36. The van der Waals surface area contributed by atoms with Crippen LogP contribution in [0.1, 0.15) is 55.9 Å². The lowest BCUT2D eigenvalue weighted by molar-refractivity contribution is -0.938. The van der Waals surface area contributed by atoms with E-state index in [0.29, 0.717) is 6.04 Å². The van der Waals surface area contributed by atoms with Crippen LogP contribution in [0.15, 0.2) is 45.6 Å². The molecule has 5 nitrogen and oxygen atoms in total. The number of nitrogens with one attached hydrogen (secondary N) is 1. The summed E-state index contributed by atoms with van der Waals surface area (Å²) in [4.78, 5) is 14.4. The average Bonchev–Trinajstić information content (AvgIpc) is 2.80. The van der Waals surface area contributed by atoms with Gasteiger partial charge >= 0.3 is 6.18 Å². The predicted molar refractivity (Wildman–Crippen MR) is 122 cm³/mol. The Kier molecular flexibility index (Phi) is 6.89. The first-order valence-corrected chi connectivity index (χ1v) is 11.7. The second-order valence-corrected chi connectivity index (χ2v) is 8.97. The lowest BCUT2D eigenvalue weighted by Crippen LogP contribution is -3.14. The molecule has 1 saturated carbocycles.